The normalized spacial score (nSPS) is 12.1. The van der Waals surface area contributed by atoms with Crippen LogP contribution in [0.4, 0.5) is 0 Å². The molecule has 0 fully saturated rings. The number of rotatable bonds is 15. The highest BCUT2D eigenvalue weighted by atomic mass is 32.2. The highest BCUT2D eigenvalue weighted by Gasteiger charge is 2.32. The van der Waals surface area contributed by atoms with Crippen LogP contribution in [0.25, 0.3) is 0 Å². The summed E-state index contributed by atoms with van der Waals surface area (Å²) in [6, 6.07) is 24.6. The lowest BCUT2D eigenvalue weighted by atomic mass is 10.0. The topological polar surface area (TPSA) is 116 Å². The van der Waals surface area contributed by atoms with Gasteiger partial charge in [0.25, 0.3) is 0 Å². The molecule has 0 radical (unpaired) electrons. The third-order valence-electron chi connectivity index (χ3n) is 6.40. The molecule has 0 heterocycles. The van der Waals surface area contributed by atoms with Gasteiger partial charge in [-0.15, -0.1) is 0 Å². The predicted molar refractivity (Wildman–Crippen MR) is 154 cm³/mol. The van der Waals surface area contributed by atoms with Gasteiger partial charge in [0.1, 0.15) is 11.8 Å². The van der Waals surface area contributed by atoms with Crippen LogP contribution in [-0.2, 0) is 39.1 Å². The highest BCUT2D eigenvalue weighted by Crippen LogP contribution is 2.19. The largest absolute Gasteiger partial charge is 0.497 e. The van der Waals surface area contributed by atoms with E-state index in [9.17, 15) is 23.1 Å². The third kappa shape index (κ3) is 9.48. The number of hydrogen-bond donors (Lipinski definition) is 2. The summed E-state index contributed by atoms with van der Waals surface area (Å²) in [7, 11) is -2.20. The van der Waals surface area contributed by atoms with E-state index in [0.29, 0.717) is 12.2 Å². The van der Waals surface area contributed by atoms with Crippen LogP contribution in [0.3, 0.4) is 0 Å². The van der Waals surface area contributed by atoms with E-state index in [1.54, 1.807) is 55.6 Å². The van der Waals surface area contributed by atoms with Crippen molar-refractivity contribution >= 4 is 21.8 Å². The number of nitrogens with zero attached hydrogens (tertiary/aromatic N) is 2. The van der Waals surface area contributed by atoms with Gasteiger partial charge in [-0.2, -0.15) is 4.31 Å². The average molecular weight is 568 g/mol. The summed E-state index contributed by atoms with van der Waals surface area (Å²) in [6.45, 7) is -0.167. The first-order valence-corrected chi connectivity index (χ1v) is 14.9. The van der Waals surface area contributed by atoms with Crippen molar-refractivity contribution in [3.63, 3.8) is 0 Å². The number of benzene rings is 3. The van der Waals surface area contributed by atoms with Gasteiger partial charge >= 0.3 is 0 Å². The Bertz CT molecular complexity index is 1320. The number of methoxy groups -OCH3 is 1. The second-order valence-electron chi connectivity index (χ2n) is 9.46. The lowest BCUT2D eigenvalue weighted by Gasteiger charge is -2.33. The fourth-order valence-corrected chi connectivity index (χ4v) is 4.94. The Morgan fingerprint density at radius 1 is 0.875 bits per heavy atom. The number of amides is 2. The van der Waals surface area contributed by atoms with Crippen molar-refractivity contribution in [2.75, 3.05) is 33.1 Å². The summed E-state index contributed by atoms with van der Waals surface area (Å²) < 4.78 is 31.8. The molecule has 0 aromatic heterocycles. The molecule has 40 heavy (non-hydrogen) atoms. The number of hydrogen-bond acceptors (Lipinski definition) is 6. The maximum Gasteiger partial charge on any atom is 0.243 e. The summed E-state index contributed by atoms with van der Waals surface area (Å²) in [4.78, 5) is 28.9. The number of aliphatic hydroxyl groups is 1. The van der Waals surface area contributed by atoms with Crippen molar-refractivity contribution in [3.8, 4) is 5.75 Å². The van der Waals surface area contributed by atoms with Gasteiger partial charge in [0.05, 0.1) is 19.9 Å². The van der Waals surface area contributed by atoms with Crippen LogP contribution in [0.5, 0.6) is 5.75 Å². The molecule has 3 aromatic rings. The lowest BCUT2D eigenvalue weighted by molar-refractivity contribution is -0.141. The van der Waals surface area contributed by atoms with Gasteiger partial charge in [-0.3, -0.25) is 9.59 Å². The van der Waals surface area contributed by atoms with Crippen molar-refractivity contribution < 1.29 is 27.9 Å². The molecule has 3 rings (SSSR count). The first kappa shape index (κ1) is 30.8. The van der Waals surface area contributed by atoms with Crippen molar-refractivity contribution in [1.82, 2.24) is 14.5 Å². The standard InChI is InChI=1S/C30H37N3O6S/c1-39-27-16-14-26(15-17-27)22-33(28(30(36)31-18-9-19-34)20-24-10-5-3-6-11-24)29(35)23-32(40(2,37)38)21-25-12-7-4-8-13-25/h3-8,10-17,28,34H,9,18-23H2,1-2H3,(H,31,36)/t28-/m0/s1. The van der Waals surface area contributed by atoms with Crippen molar-refractivity contribution in [1.29, 1.82) is 0 Å². The Balaban J connectivity index is 1.97. The Kier molecular flexibility index (Phi) is 11.7. The third-order valence-corrected chi connectivity index (χ3v) is 7.60. The molecule has 10 heteroatoms. The number of nitrogens with one attached hydrogen (secondary N) is 1. The Labute approximate surface area is 236 Å². The van der Waals surface area contributed by atoms with Gasteiger partial charge in [-0.05, 0) is 35.2 Å². The summed E-state index contributed by atoms with van der Waals surface area (Å²) in [5.74, 6) is -0.237. The van der Waals surface area contributed by atoms with Crippen LogP contribution in [0.1, 0.15) is 23.1 Å². The summed E-state index contributed by atoms with van der Waals surface area (Å²) in [6.07, 6.45) is 1.67. The molecule has 2 amide bonds. The number of aliphatic hydroxyl groups excluding tert-OH is 1. The molecule has 2 N–H and O–H groups in total. The molecule has 0 saturated heterocycles. The van der Waals surface area contributed by atoms with Crippen LogP contribution in [0.2, 0.25) is 0 Å². The zero-order chi connectivity index (χ0) is 29.0. The smallest absolute Gasteiger partial charge is 0.243 e. The SMILES string of the molecule is COc1ccc(CN(C(=O)CN(Cc2ccccc2)S(C)(=O)=O)[C@@H](Cc2ccccc2)C(=O)NCCCO)cc1. The van der Waals surface area contributed by atoms with Crippen molar-refractivity contribution in [3.05, 3.63) is 102 Å². The minimum atomic E-state index is -3.75. The molecule has 0 unspecified atom stereocenters. The summed E-state index contributed by atoms with van der Waals surface area (Å²) >= 11 is 0. The van der Waals surface area contributed by atoms with Crippen molar-refractivity contribution in [2.45, 2.75) is 32.0 Å². The van der Waals surface area contributed by atoms with E-state index < -0.39 is 28.5 Å². The minimum absolute atomic E-state index is 0.0217. The second-order valence-corrected chi connectivity index (χ2v) is 11.4. The molecular formula is C30H37N3O6S. The fraction of sp³-hybridized carbons (Fsp3) is 0.333. The van der Waals surface area contributed by atoms with E-state index >= 15 is 0 Å². The Hall–Kier alpha value is -3.73. The van der Waals surface area contributed by atoms with E-state index in [-0.39, 0.29) is 38.6 Å². The van der Waals surface area contributed by atoms with Crippen molar-refractivity contribution in [2.24, 2.45) is 0 Å². The van der Waals surface area contributed by atoms with Gasteiger partial charge in [0.15, 0.2) is 0 Å². The minimum Gasteiger partial charge on any atom is -0.497 e. The van der Waals surface area contributed by atoms with Crippen LogP contribution in [-0.4, -0.2) is 73.6 Å². The second kappa shape index (κ2) is 15.2. The van der Waals surface area contributed by atoms with Gasteiger partial charge in [-0.1, -0.05) is 72.8 Å². The summed E-state index contributed by atoms with van der Waals surface area (Å²) in [5.41, 5.74) is 2.34. The van der Waals surface area contributed by atoms with Crippen LogP contribution >= 0.6 is 0 Å². The van der Waals surface area contributed by atoms with E-state index in [1.807, 2.05) is 36.4 Å². The number of ether oxygens (including phenoxy) is 1. The van der Waals surface area contributed by atoms with Crippen LogP contribution < -0.4 is 10.1 Å². The Morgan fingerprint density at radius 3 is 2.00 bits per heavy atom. The highest BCUT2D eigenvalue weighted by molar-refractivity contribution is 7.88. The van der Waals surface area contributed by atoms with Crippen LogP contribution in [0, 0.1) is 0 Å². The maximum atomic E-state index is 14.0. The van der Waals surface area contributed by atoms with E-state index in [1.165, 1.54) is 4.90 Å². The molecule has 1 atom stereocenters. The maximum absolute atomic E-state index is 14.0. The number of sulfonamides is 1. The monoisotopic (exact) mass is 567 g/mol. The molecule has 214 valence electrons. The molecule has 3 aromatic carbocycles. The van der Waals surface area contributed by atoms with Gasteiger partial charge in [0.2, 0.25) is 21.8 Å². The molecule has 0 saturated carbocycles. The Morgan fingerprint density at radius 2 is 1.45 bits per heavy atom. The molecule has 0 bridgehead atoms. The number of carbonyl (C=O) groups excluding carboxylic acids is 2. The predicted octanol–water partition coefficient (Wildman–Crippen LogP) is 2.60. The van der Waals surface area contributed by atoms with Gasteiger partial charge < -0.3 is 20.1 Å². The molecule has 0 aliphatic carbocycles. The zero-order valence-corrected chi connectivity index (χ0v) is 23.7. The first-order chi connectivity index (χ1) is 19.2. The quantitative estimate of drug-likeness (QED) is 0.273. The van der Waals surface area contributed by atoms with E-state index in [2.05, 4.69) is 5.32 Å². The molecule has 0 spiro atoms. The van der Waals surface area contributed by atoms with Crippen LogP contribution in [0.15, 0.2) is 84.9 Å². The summed E-state index contributed by atoms with van der Waals surface area (Å²) in [5, 5.41) is 12.0. The molecule has 9 nitrogen and oxygen atoms in total. The van der Waals surface area contributed by atoms with Gasteiger partial charge in [0, 0.05) is 32.7 Å². The molecule has 0 aliphatic heterocycles. The lowest BCUT2D eigenvalue weighted by Crippen LogP contribution is -2.53. The average Bonchev–Trinajstić information content (AvgIpc) is 2.95. The fourth-order valence-electron chi connectivity index (χ4n) is 4.21. The molecular weight excluding hydrogens is 530 g/mol. The van der Waals surface area contributed by atoms with E-state index in [0.717, 1.165) is 27.3 Å². The first-order valence-electron chi connectivity index (χ1n) is 13.0. The van der Waals surface area contributed by atoms with E-state index in [4.69, 9.17) is 4.74 Å². The molecule has 0 aliphatic rings. The number of carbonyl (C=O) groups is 2. The zero-order valence-electron chi connectivity index (χ0n) is 22.9. The van der Waals surface area contributed by atoms with Gasteiger partial charge in [-0.25, -0.2) is 8.42 Å².